The Morgan fingerprint density at radius 2 is 1.95 bits per heavy atom. The van der Waals surface area contributed by atoms with Crippen molar-refractivity contribution in [1.82, 2.24) is 9.71 Å². The molecule has 1 aromatic carbocycles. The summed E-state index contributed by atoms with van der Waals surface area (Å²) in [6.07, 6.45) is 1.33. The first-order chi connectivity index (χ1) is 10.0. The minimum atomic E-state index is -3.46. The maximum atomic E-state index is 12.1. The Kier molecular flexibility index (Phi) is 5.75. The van der Waals surface area contributed by atoms with Gasteiger partial charge in [0.1, 0.15) is 0 Å². The van der Waals surface area contributed by atoms with Gasteiger partial charge in [-0.2, -0.15) is 0 Å². The lowest BCUT2D eigenvalue weighted by Crippen LogP contribution is -2.26. The number of nitrogens with one attached hydrogen (secondary N) is 1. The summed E-state index contributed by atoms with van der Waals surface area (Å²) in [5.41, 5.74) is 2.00. The third kappa shape index (κ3) is 4.78. The number of aryl methyl sites for hydroxylation is 2. The third-order valence-corrected chi connectivity index (χ3v) is 5.61. The van der Waals surface area contributed by atoms with Crippen LogP contribution in [0.4, 0.5) is 0 Å². The van der Waals surface area contributed by atoms with Crippen molar-refractivity contribution in [3.05, 3.63) is 45.9 Å². The predicted molar refractivity (Wildman–Crippen MR) is 86.6 cm³/mol. The van der Waals surface area contributed by atoms with Gasteiger partial charge in [-0.3, -0.25) is 0 Å². The van der Waals surface area contributed by atoms with E-state index in [1.54, 1.807) is 35.6 Å². The van der Waals surface area contributed by atoms with Crippen molar-refractivity contribution >= 4 is 33.0 Å². The number of sulfonamides is 1. The molecule has 0 aliphatic rings. The SMILES string of the molecule is Cc1csc(CCNS(=O)(=O)c2ccc(CCCl)cc2)n1. The van der Waals surface area contributed by atoms with Gasteiger partial charge in [0.2, 0.25) is 10.0 Å². The number of nitrogens with zero attached hydrogens (tertiary/aromatic N) is 1. The van der Waals surface area contributed by atoms with Crippen molar-refractivity contribution in [3.63, 3.8) is 0 Å². The van der Waals surface area contributed by atoms with Crippen LogP contribution in [0.1, 0.15) is 16.3 Å². The molecule has 2 rings (SSSR count). The van der Waals surface area contributed by atoms with Crippen LogP contribution in [0.25, 0.3) is 0 Å². The Bertz CT molecular complexity index is 681. The molecule has 0 spiro atoms. The zero-order valence-electron chi connectivity index (χ0n) is 11.7. The lowest BCUT2D eigenvalue weighted by Gasteiger charge is -2.06. The van der Waals surface area contributed by atoms with Crippen molar-refractivity contribution in [1.29, 1.82) is 0 Å². The molecule has 114 valence electrons. The zero-order chi connectivity index (χ0) is 15.3. The minimum absolute atomic E-state index is 0.274. The molecule has 0 saturated carbocycles. The molecule has 4 nitrogen and oxygen atoms in total. The van der Waals surface area contributed by atoms with E-state index in [0.717, 1.165) is 22.7 Å². The largest absolute Gasteiger partial charge is 0.247 e. The number of halogens is 1. The van der Waals surface area contributed by atoms with Crippen LogP contribution in [-0.4, -0.2) is 25.8 Å². The monoisotopic (exact) mass is 344 g/mol. The zero-order valence-corrected chi connectivity index (χ0v) is 14.1. The Balaban J connectivity index is 1.94. The van der Waals surface area contributed by atoms with E-state index in [1.807, 2.05) is 12.3 Å². The molecule has 1 N–H and O–H groups in total. The van der Waals surface area contributed by atoms with Crippen LogP contribution in [0, 0.1) is 6.92 Å². The van der Waals surface area contributed by atoms with E-state index in [1.165, 1.54) is 0 Å². The minimum Gasteiger partial charge on any atom is -0.247 e. The highest BCUT2D eigenvalue weighted by Crippen LogP contribution is 2.12. The maximum Gasteiger partial charge on any atom is 0.240 e. The standard InChI is InChI=1S/C14H17ClN2O2S2/c1-11-10-20-14(17-11)7-9-16-21(18,19)13-4-2-12(3-5-13)6-8-15/h2-5,10,16H,6-9H2,1H3. The molecule has 1 aromatic heterocycles. The fourth-order valence-corrected chi connectivity index (χ4v) is 3.86. The predicted octanol–water partition coefficient (Wildman–Crippen LogP) is 2.75. The first-order valence-electron chi connectivity index (χ1n) is 6.57. The Labute approximate surface area is 134 Å². The Hall–Kier alpha value is -0.950. The van der Waals surface area contributed by atoms with E-state index in [0.29, 0.717) is 18.8 Å². The van der Waals surface area contributed by atoms with Crippen LogP contribution in [0.2, 0.25) is 0 Å². The van der Waals surface area contributed by atoms with Crippen molar-refractivity contribution in [2.75, 3.05) is 12.4 Å². The van der Waals surface area contributed by atoms with Crippen molar-refractivity contribution < 1.29 is 8.42 Å². The van der Waals surface area contributed by atoms with E-state index in [9.17, 15) is 8.42 Å². The van der Waals surface area contributed by atoms with Gasteiger partial charge < -0.3 is 0 Å². The molecule has 0 aliphatic carbocycles. The number of hydrogen-bond acceptors (Lipinski definition) is 4. The maximum absolute atomic E-state index is 12.1. The molecular formula is C14H17ClN2O2S2. The summed E-state index contributed by atoms with van der Waals surface area (Å²) in [6, 6.07) is 6.80. The fourth-order valence-electron chi connectivity index (χ4n) is 1.84. The van der Waals surface area contributed by atoms with Crippen molar-refractivity contribution in [2.24, 2.45) is 0 Å². The second kappa shape index (κ2) is 7.35. The van der Waals surface area contributed by atoms with Gasteiger partial charge in [0.25, 0.3) is 0 Å². The fraction of sp³-hybridized carbons (Fsp3) is 0.357. The van der Waals surface area contributed by atoms with Gasteiger partial charge in [-0.25, -0.2) is 18.1 Å². The number of benzene rings is 1. The highest BCUT2D eigenvalue weighted by molar-refractivity contribution is 7.89. The highest BCUT2D eigenvalue weighted by atomic mass is 35.5. The summed E-state index contributed by atoms with van der Waals surface area (Å²) in [7, 11) is -3.46. The number of aromatic nitrogens is 1. The van der Waals surface area contributed by atoms with Gasteiger partial charge in [-0.05, 0) is 31.0 Å². The molecule has 0 saturated heterocycles. The Morgan fingerprint density at radius 1 is 1.24 bits per heavy atom. The molecule has 1 heterocycles. The molecule has 0 bridgehead atoms. The normalized spacial score (nSPS) is 11.7. The van der Waals surface area contributed by atoms with Crippen LogP contribution in [0.3, 0.4) is 0 Å². The number of hydrogen-bond donors (Lipinski definition) is 1. The summed E-state index contributed by atoms with van der Waals surface area (Å²) in [4.78, 5) is 4.58. The summed E-state index contributed by atoms with van der Waals surface area (Å²) in [6.45, 7) is 2.27. The first-order valence-corrected chi connectivity index (χ1v) is 9.46. The van der Waals surface area contributed by atoms with Crippen LogP contribution < -0.4 is 4.72 Å². The smallest absolute Gasteiger partial charge is 0.240 e. The molecule has 0 fully saturated rings. The van der Waals surface area contributed by atoms with Gasteiger partial charge in [-0.1, -0.05) is 12.1 Å². The third-order valence-electron chi connectivity index (χ3n) is 2.91. The summed E-state index contributed by atoms with van der Waals surface area (Å²) >= 11 is 7.20. The molecule has 0 atom stereocenters. The Morgan fingerprint density at radius 3 is 2.52 bits per heavy atom. The quantitative estimate of drug-likeness (QED) is 0.786. The van der Waals surface area contributed by atoms with E-state index in [-0.39, 0.29) is 4.90 Å². The summed E-state index contributed by atoms with van der Waals surface area (Å²) < 4.78 is 26.9. The van der Waals surface area contributed by atoms with Gasteiger partial charge >= 0.3 is 0 Å². The average Bonchev–Trinajstić information content (AvgIpc) is 2.85. The summed E-state index contributed by atoms with van der Waals surface area (Å²) in [5.74, 6) is 0.525. The molecule has 0 radical (unpaired) electrons. The van der Waals surface area contributed by atoms with Crippen LogP contribution in [0.5, 0.6) is 0 Å². The molecule has 0 amide bonds. The second-order valence-electron chi connectivity index (χ2n) is 4.61. The van der Waals surface area contributed by atoms with E-state index in [4.69, 9.17) is 11.6 Å². The molecule has 21 heavy (non-hydrogen) atoms. The molecule has 0 aliphatic heterocycles. The van der Waals surface area contributed by atoms with E-state index < -0.39 is 10.0 Å². The highest BCUT2D eigenvalue weighted by Gasteiger charge is 2.13. The van der Waals surface area contributed by atoms with Gasteiger partial charge in [-0.15, -0.1) is 22.9 Å². The van der Waals surface area contributed by atoms with Crippen LogP contribution in [0.15, 0.2) is 34.5 Å². The van der Waals surface area contributed by atoms with Crippen LogP contribution >= 0.6 is 22.9 Å². The lowest BCUT2D eigenvalue weighted by atomic mass is 10.2. The molecule has 2 aromatic rings. The van der Waals surface area contributed by atoms with Crippen LogP contribution in [-0.2, 0) is 22.9 Å². The molecular weight excluding hydrogens is 328 g/mol. The number of thiazole rings is 1. The number of alkyl halides is 1. The topological polar surface area (TPSA) is 59.1 Å². The van der Waals surface area contributed by atoms with E-state index >= 15 is 0 Å². The second-order valence-corrected chi connectivity index (χ2v) is 7.70. The van der Waals surface area contributed by atoms with Gasteiger partial charge in [0.15, 0.2) is 0 Å². The molecule has 7 heteroatoms. The van der Waals surface area contributed by atoms with Crippen molar-refractivity contribution in [2.45, 2.75) is 24.7 Å². The lowest BCUT2D eigenvalue weighted by molar-refractivity contribution is 0.581. The van der Waals surface area contributed by atoms with E-state index in [2.05, 4.69) is 9.71 Å². The first kappa shape index (κ1) is 16.4. The summed E-state index contributed by atoms with van der Waals surface area (Å²) in [5, 5.41) is 2.90. The molecule has 0 unspecified atom stereocenters. The van der Waals surface area contributed by atoms with Gasteiger partial charge in [0.05, 0.1) is 9.90 Å². The average molecular weight is 345 g/mol. The number of rotatable bonds is 7. The van der Waals surface area contributed by atoms with Gasteiger partial charge in [0, 0.05) is 29.9 Å². The van der Waals surface area contributed by atoms with Crippen molar-refractivity contribution in [3.8, 4) is 0 Å².